The molecule has 1 amide bonds. The van der Waals surface area contributed by atoms with Crippen LogP contribution in [0.4, 0.5) is 5.13 Å². The second-order valence-electron chi connectivity index (χ2n) is 7.49. The predicted octanol–water partition coefficient (Wildman–Crippen LogP) is 4.14. The Labute approximate surface area is 140 Å². The van der Waals surface area contributed by atoms with Crippen molar-refractivity contribution >= 4 is 34.0 Å². The van der Waals surface area contributed by atoms with Crippen molar-refractivity contribution in [2.24, 2.45) is 11.3 Å². The minimum Gasteiger partial charge on any atom is -0.288 e. The van der Waals surface area contributed by atoms with Crippen molar-refractivity contribution < 1.29 is 4.79 Å². The summed E-state index contributed by atoms with van der Waals surface area (Å²) < 4.78 is 0. The molecule has 3 rings (SSSR count). The number of rotatable bonds is 2. The smallest absolute Gasteiger partial charge is 0.235 e. The summed E-state index contributed by atoms with van der Waals surface area (Å²) in [6.45, 7) is 7.01. The molecule has 0 radical (unpaired) electrons. The van der Waals surface area contributed by atoms with E-state index >= 15 is 0 Å². The molecule has 4 nitrogen and oxygen atoms in total. The average Bonchev–Trinajstić information content (AvgIpc) is 2.90. The number of anilines is 1. The molecule has 0 N–H and O–H groups in total. The van der Waals surface area contributed by atoms with Gasteiger partial charge in [-0.25, -0.2) is 4.98 Å². The van der Waals surface area contributed by atoms with Crippen LogP contribution in [0.3, 0.4) is 0 Å². The minimum absolute atomic E-state index is 0.0676. The summed E-state index contributed by atoms with van der Waals surface area (Å²) in [5, 5.41) is 10.0. The Bertz CT molecular complexity index is 649. The first-order valence-electron chi connectivity index (χ1n) is 7.62. The Balaban J connectivity index is 1.78. The molecule has 2 aliphatic rings. The fraction of sp³-hybridized carbons (Fsp3) is 0.688. The van der Waals surface area contributed by atoms with Crippen LogP contribution in [0.5, 0.6) is 0 Å². The number of thiazole rings is 1. The highest BCUT2D eigenvalue weighted by atomic mass is 35.5. The van der Waals surface area contributed by atoms with Crippen molar-refractivity contribution in [3.8, 4) is 6.07 Å². The Morgan fingerprint density at radius 1 is 1.50 bits per heavy atom. The Morgan fingerprint density at radius 2 is 2.18 bits per heavy atom. The van der Waals surface area contributed by atoms with E-state index in [2.05, 4.69) is 31.8 Å². The quantitative estimate of drug-likeness (QED) is 0.814. The fourth-order valence-corrected chi connectivity index (χ4v) is 5.14. The number of hydrogen-bond donors (Lipinski definition) is 0. The molecule has 1 aliphatic carbocycles. The summed E-state index contributed by atoms with van der Waals surface area (Å²) in [5.74, 6) is 0.562. The van der Waals surface area contributed by atoms with E-state index in [1.165, 1.54) is 11.3 Å². The SMILES string of the molecule is CC(C)(C)c1sc(N2CCC3(CC(CC#N)C3)C2=O)nc1Cl. The number of amides is 1. The Kier molecular flexibility index (Phi) is 3.73. The van der Waals surface area contributed by atoms with Crippen LogP contribution in [0, 0.1) is 22.7 Å². The van der Waals surface area contributed by atoms with Gasteiger partial charge < -0.3 is 0 Å². The lowest BCUT2D eigenvalue weighted by Crippen LogP contribution is -2.44. The van der Waals surface area contributed by atoms with Crippen LogP contribution in [0.15, 0.2) is 0 Å². The maximum atomic E-state index is 12.8. The highest BCUT2D eigenvalue weighted by Gasteiger charge is 2.55. The van der Waals surface area contributed by atoms with Gasteiger partial charge in [0.05, 0.1) is 16.4 Å². The van der Waals surface area contributed by atoms with Gasteiger partial charge in [0.2, 0.25) is 5.91 Å². The molecule has 0 unspecified atom stereocenters. The lowest BCUT2D eigenvalue weighted by atomic mass is 9.60. The standard InChI is InChI=1S/C16H20ClN3OS/c1-15(2,3)11-12(17)19-14(22-11)20-7-5-16(13(20)21)8-10(9-16)4-6-18/h10H,4-5,7-9H2,1-3H3. The molecule has 2 heterocycles. The third-order valence-electron chi connectivity index (χ3n) is 4.74. The summed E-state index contributed by atoms with van der Waals surface area (Å²) in [6.07, 6.45) is 3.13. The zero-order valence-corrected chi connectivity index (χ0v) is 14.7. The van der Waals surface area contributed by atoms with E-state index < -0.39 is 0 Å². The van der Waals surface area contributed by atoms with Crippen molar-refractivity contribution in [2.45, 2.75) is 51.9 Å². The molecule has 1 saturated carbocycles. The zero-order chi connectivity index (χ0) is 16.1. The number of carbonyl (C=O) groups excluding carboxylic acids is 1. The van der Waals surface area contributed by atoms with Gasteiger partial charge in [-0.05, 0) is 30.6 Å². The molecule has 1 saturated heterocycles. The molecule has 2 fully saturated rings. The summed E-state index contributed by atoms with van der Waals surface area (Å²) in [5.41, 5.74) is -0.302. The van der Waals surface area contributed by atoms with E-state index in [4.69, 9.17) is 16.9 Å². The topological polar surface area (TPSA) is 57.0 Å². The maximum Gasteiger partial charge on any atom is 0.235 e. The van der Waals surface area contributed by atoms with E-state index in [0.29, 0.717) is 24.0 Å². The molecule has 1 aromatic rings. The van der Waals surface area contributed by atoms with E-state index in [0.717, 1.165) is 29.3 Å². The van der Waals surface area contributed by atoms with Crippen LogP contribution >= 0.6 is 22.9 Å². The van der Waals surface area contributed by atoms with Gasteiger partial charge in [-0.15, -0.1) is 0 Å². The molecule has 1 spiro atoms. The monoisotopic (exact) mass is 337 g/mol. The van der Waals surface area contributed by atoms with Gasteiger partial charge in [0, 0.05) is 13.0 Å². The van der Waals surface area contributed by atoms with E-state index in [9.17, 15) is 4.79 Å². The van der Waals surface area contributed by atoms with Gasteiger partial charge in [-0.3, -0.25) is 9.69 Å². The van der Waals surface area contributed by atoms with Crippen molar-refractivity contribution in [1.82, 2.24) is 4.98 Å². The number of nitrogens with zero attached hydrogens (tertiary/aromatic N) is 3. The largest absolute Gasteiger partial charge is 0.288 e. The second kappa shape index (κ2) is 5.21. The number of nitriles is 1. The van der Waals surface area contributed by atoms with Crippen molar-refractivity contribution in [3.63, 3.8) is 0 Å². The molecule has 1 aromatic heterocycles. The zero-order valence-electron chi connectivity index (χ0n) is 13.1. The molecule has 1 aliphatic heterocycles. The third kappa shape index (κ3) is 2.43. The second-order valence-corrected chi connectivity index (χ2v) is 8.83. The number of carbonyl (C=O) groups is 1. The van der Waals surface area contributed by atoms with Crippen LogP contribution < -0.4 is 4.90 Å². The lowest BCUT2D eigenvalue weighted by molar-refractivity contribution is -0.132. The first-order valence-corrected chi connectivity index (χ1v) is 8.82. The number of halogens is 1. The summed E-state index contributed by atoms with van der Waals surface area (Å²) >= 11 is 7.79. The summed E-state index contributed by atoms with van der Waals surface area (Å²) in [6, 6.07) is 2.21. The van der Waals surface area contributed by atoms with Crippen molar-refractivity contribution in [3.05, 3.63) is 10.0 Å². The minimum atomic E-state index is -0.235. The Hall–Kier alpha value is -1.12. The van der Waals surface area contributed by atoms with E-state index in [1.807, 2.05) is 0 Å². The van der Waals surface area contributed by atoms with E-state index in [-0.39, 0.29) is 16.7 Å². The normalized spacial score (nSPS) is 28.0. The van der Waals surface area contributed by atoms with Crippen LogP contribution in [0.1, 0.15) is 51.3 Å². The van der Waals surface area contributed by atoms with Crippen LogP contribution in [0.25, 0.3) is 0 Å². The summed E-state index contributed by atoms with van der Waals surface area (Å²) in [7, 11) is 0. The van der Waals surface area contributed by atoms with Crippen molar-refractivity contribution in [1.29, 1.82) is 5.26 Å². The highest BCUT2D eigenvalue weighted by Crippen LogP contribution is 2.54. The molecule has 0 bridgehead atoms. The van der Waals surface area contributed by atoms with Gasteiger partial charge in [-0.2, -0.15) is 5.26 Å². The number of aromatic nitrogens is 1. The highest BCUT2D eigenvalue weighted by molar-refractivity contribution is 7.16. The third-order valence-corrected chi connectivity index (χ3v) is 6.63. The van der Waals surface area contributed by atoms with Gasteiger partial charge >= 0.3 is 0 Å². The van der Waals surface area contributed by atoms with Crippen LogP contribution in [0.2, 0.25) is 5.15 Å². The predicted molar refractivity (Wildman–Crippen MR) is 88.2 cm³/mol. The van der Waals surface area contributed by atoms with Crippen LogP contribution in [-0.4, -0.2) is 17.4 Å². The average molecular weight is 338 g/mol. The molecule has 6 heteroatoms. The van der Waals surface area contributed by atoms with E-state index in [1.54, 1.807) is 4.90 Å². The molecule has 22 heavy (non-hydrogen) atoms. The first-order chi connectivity index (χ1) is 10.3. The fourth-order valence-electron chi connectivity index (χ4n) is 3.57. The molecule has 0 aromatic carbocycles. The van der Waals surface area contributed by atoms with Gasteiger partial charge in [0.25, 0.3) is 0 Å². The Morgan fingerprint density at radius 3 is 2.73 bits per heavy atom. The molecule has 118 valence electrons. The summed E-state index contributed by atoms with van der Waals surface area (Å²) in [4.78, 5) is 20.0. The van der Waals surface area contributed by atoms with Crippen molar-refractivity contribution in [2.75, 3.05) is 11.4 Å². The van der Waals surface area contributed by atoms with Crippen LogP contribution in [-0.2, 0) is 10.2 Å². The molecular weight excluding hydrogens is 318 g/mol. The lowest BCUT2D eigenvalue weighted by Gasteiger charge is -2.42. The molecular formula is C16H20ClN3OS. The van der Waals surface area contributed by atoms with Gasteiger partial charge in [0.1, 0.15) is 5.15 Å². The molecule has 0 atom stereocenters. The first kappa shape index (κ1) is 15.8. The maximum absolute atomic E-state index is 12.8. The number of hydrogen-bond acceptors (Lipinski definition) is 4. The van der Waals surface area contributed by atoms with Gasteiger partial charge in [0.15, 0.2) is 5.13 Å². The van der Waals surface area contributed by atoms with Gasteiger partial charge in [-0.1, -0.05) is 43.7 Å².